The van der Waals surface area contributed by atoms with Crippen molar-refractivity contribution in [3.63, 3.8) is 0 Å². The molecule has 3 N–H and O–H groups in total. The lowest BCUT2D eigenvalue weighted by Crippen LogP contribution is -2.39. The third-order valence-corrected chi connectivity index (χ3v) is 6.40. The van der Waals surface area contributed by atoms with Crippen LogP contribution >= 0.6 is 0 Å². The number of rotatable bonds is 16. The molecular weight excluding hydrogens is 416 g/mol. The third kappa shape index (κ3) is 11.0. The summed E-state index contributed by atoms with van der Waals surface area (Å²) in [6.07, 6.45) is 16.0. The number of pyridine rings is 1. The number of nitrogens with two attached hydrogens (primary N) is 1. The second-order valence-electron chi connectivity index (χ2n) is 9.12. The van der Waals surface area contributed by atoms with Gasteiger partial charge in [0.25, 0.3) is 5.91 Å². The van der Waals surface area contributed by atoms with Crippen molar-refractivity contribution in [3.05, 3.63) is 23.9 Å². The number of nitrogens with zero attached hydrogens (tertiary/aromatic N) is 2. The first-order chi connectivity index (χ1) is 16.1. The van der Waals surface area contributed by atoms with Gasteiger partial charge < -0.3 is 20.7 Å². The molecule has 1 fully saturated rings. The fourth-order valence-electron chi connectivity index (χ4n) is 4.49. The molecule has 1 atom stereocenters. The van der Waals surface area contributed by atoms with Crippen molar-refractivity contribution >= 4 is 17.7 Å². The number of esters is 1. The van der Waals surface area contributed by atoms with E-state index < -0.39 is 0 Å². The lowest BCUT2D eigenvalue weighted by molar-refractivity contribution is -0.149. The maximum atomic E-state index is 12.1. The van der Waals surface area contributed by atoms with Crippen molar-refractivity contribution in [2.45, 2.75) is 84.0 Å². The van der Waals surface area contributed by atoms with Crippen LogP contribution in [0.5, 0.6) is 0 Å². The van der Waals surface area contributed by atoms with Gasteiger partial charge in [-0.05, 0) is 57.8 Å². The van der Waals surface area contributed by atoms with E-state index in [1.807, 2.05) is 6.92 Å². The van der Waals surface area contributed by atoms with E-state index in [9.17, 15) is 9.59 Å². The van der Waals surface area contributed by atoms with Crippen molar-refractivity contribution < 1.29 is 14.3 Å². The number of aromatic nitrogens is 1. The van der Waals surface area contributed by atoms with Gasteiger partial charge in [-0.2, -0.15) is 0 Å². The molecule has 1 saturated heterocycles. The van der Waals surface area contributed by atoms with Gasteiger partial charge in [-0.1, -0.05) is 51.4 Å². The summed E-state index contributed by atoms with van der Waals surface area (Å²) in [5.74, 6) is 0.209. The van der Waals surface area contributed by atoms with E-state index in [0.29, 0.717) is 18.7 Å². The van der Waals surface area contributed by atoms with E-state index >= 15 is 0 Å². The topological polar surface area (TPSA) is 97.5 Å². The highest BCUT2D eigenvalue weighted by atomic mass is 16.5. The first kappa shape index (κ1) is 27.1. The number of nitrogens with one attached hydrogen (secondary N) is 1. The Morgan fingerprint density at radius 3 is 2.42 bits per heavy atom. The minimum Gasteiger partial charge on any atom is -0.466 e. The molecule has 1 aliphatic rings. The number of carbonyl (C=O) groups excluding carboxylic acids is 2. The summed E-state index contributed by atoms with van der Waals surface area (Å²) in [6, 6.07) is 3.43. The monoisotopic (exact) mass is 460 g/mol. The Bertz CT molecular complexity index is 698. The molecular formula is C26H44N4O3. The Hall–Kier alpha value is -2.15. The van der Waals surface area contributed by atoms with Crippen LogP contribution in [0.2, 0.25) is 0 Å². The summed E-state index contributed by atoms with van der Waals surface area (Å²) < 4.78 is 5.19. The highest BCUT2D eigenvalue weighted by Gasteiger charge is 2.26. The highest BCUT2D eigenvalue weighted by molar-refractivity contribution is 5.98. The van der Waals surface area contributed by atoms with Crippen LogP contribution in [0, 0.1) is 5.92 Å². The zero-order chi connectivity index (χ0) is 23.7. The number of unbranched alkanes of at least 4 members (excludes halogenated alkanes) is 9. The van der Waals surface area contributed by atoms with Gasteiger partial charge in [0.1, 0.15) is 5.82 Å². The molecule has 1 unspecified atom stereocenters. The van der Waals surface area contributed by atoms with E-state index in [1.54, 1.807) is 18.3 Å². The largest absolute Gasteiger partial charge is 0.466 e. The first-order valence-electron chi connectivity index (χ1n) is 13.0. The number of likely N-dealkylation sites (tertiary alicyclic amines) is 1. The van der Waals surface area contributed by atoms with Crippen molar-refractivity contribution in [2.24, 2.45) is 5.92 Å². The smallest absolute Gasteiger partial charge is 0.310 e. The average Bonchev–Trinajstić information content (AvgIpc) is 2.82. The number of piperidine rings is 1. The normalized spacial score (nSPS) is 16.5. The standard InChI is InChI=1S/C26H44N4O3/c1-2-33-26(32)22-15-14-20-30(21-22)19-12-10-8-6-4-3-5-7-9-11-17-29-25(31)23-16-13-18-28-24(23)27/h13,16,18,22H,2-12,14-15,17,19-21H2,1H3,(H2,27,28)(H,29,31). The molecule has 0 spiro atoms. The molecule has 0 saturated carbocycles. The quantitative estimate of drug-likeness (QED) is 0.277. The van der Waals surface area contributed by atoms with Gasteiger partial charge in [-0.3, -0.25) is 9.59 Å². The van der Waals surface area contributed by atoms with Gasteiger partial charge in [0.2, 0.25) is 0 Å². The Labute approximate surface area is 199 Å². The maximum Gasteiger partial charge on any atom is 0.310 e. The van der Waals surface area contributed by atoms with Gasteiger partial charge in [0.15, 0.2) is 0 Å². The highest BCUT2D eigenvalue weighted by Crippen LogP contribution is 2.19. The fraction of sp³-hybridized carbons (Fsp3) is 0.731. The number of hydrogen-bond acceptors (Lipinski definition) is 6. The van der Waals surface area contributed by atoms with Crippen molar-refractivity contribution in [1.29, 1.82) is 0 Å². The third-order valence-electron chi connectivity index (χ3n) is 6.40. The summed E-state index contributed by atoms with van der Waals surface area (Å²) in [7, 11) is 0. The van der Waals surface area contributed by atoms with Crippen LogP contribution in [0.4, 0.5) is 5.82 Å². The van der Waals surface area contributed by atoms with Crippen LogP contribution in [0.3, 0.4) is 0 Å². The minimum atomic E-state index is -0.139. The Morgan fingerprint density at radius 2 is 1.76 bits per heavy atom. The van der Waals surface area contributed by atoms with Crippen LogP contribution in [0.1, 0.15) is 94.3 Å². The molecule has 1 aliphatic heterocycles. The Kier molecular flexibility index (Phi) is 13.5. The van der Waals surface area contributed by atoms with Gasteiger partial charge >= 0.3 is 5.97 Å². The molecule has 33 heavy (non-hydrogen) atoms. The number of carbonyl (C=O) groups is 2. The molecule has 2 rings (SSSR count). The second-order valence-corrected chi connectivity index (χ2v) is 9.12. The molecule has 1 amide bonds. The van der Waals surface area contributed by atoms with Crippen LogP contribution in [0.15, 0.2) is 18.3 Å². The molecule has 1 aromatic rings. The number of anilines is 1. The molecule has 0 aromatic carbocycles. The van der Waals surface area contributed by atoms with Crippen LogP contribution in [-0.4, -0.2) is 54.5 Å². The van der Waals surface area contributed by atoms with Crippen molar-refractivity contribution in [1.82, 2.24) is 15.2 Å². The number of hydrogen-bond donors (Lipinski definition) is 2. The van der Waals surface area contributed by atoms with E-state index in [2.05, 4.69) is 15.2 Å². The fourth-order valence-corrected chi connectivity index (χ4v) is 4.49. The summed E-state index contributed by atoms with van der Waals surface area (Å²) in [4.78, 5) is 30.4. The first-order valence-corrected chi connectivity index (χ1v) is 13.0. The second kappa shape index (κ2) is 16.5. The molecule has 0 radical (unpaired) electrons. The molecule has 2 heterocycles. The zero-order valence-corrected chi connectivity index (χ0v) is 20.5. The molecule has 7 nitrogen and oxygen atoms in total. The number of nitrogen functional groups attached to an aromatic ring is 1. The van der Waals surface area contributed by atoms with Crippen molar-refractivity contribution in [3.8, 4) is 0 Å². The van der Waals surface area contributed by atoms with Crippen molar-refractivity contribution in [2.75, 3.05) is 38.5 Å². The van der Waals surface area contributed by atoms with Crippen LogP contribution in [-0.2, 0) is 9.53 Å². The van der Waals surface area contributed by atoms with Gasteiger partial charge in [0, 0.05) is 19.3 Å². The lowest BCUT2D eigenvalue weighted by Gasteiger charge is -2.31. The molecule has 7 heteroatoms. The number of ether oxygens (including phenoxy) is 1. The van der Waals surface area contributed by atoms with Gasteiger partial charge in [-0.15, -0.1) is 0 Å². The van der Waals surface area contributed by atoms with Gasteiger partial charge in [0.05, 0.1) is 18.1 Å². The summed E-state index contributed by atoms with van der Waals surface area (Å²) in [6.45, 7) is 6.15. The lowest BCUT2D eigenvalue weighted by atomic mass is 9.98. The van der Waals surface area contributed by atoms with E-state index in [-0.39, 0.29) is 23.6 Å². The predicted molar refractivity (Wildman–Crippen MR) is 133 cm³/mol. The molecule has 0 aliphatic carbocycles. The zero-order valence-electron chi connectivity index (χ0n) is 20.5. The Morgan fingerprint density at radius 1 is 1.09 bits per heavy atom. The molecule has 0 bridgehead atoms. The summed E-state index contributed by atoms with van der Waals surface area (Å²) in [5.41, 5.74) is 6.18. The van der Waals surface area contributed by atoms with Crippen LogP contribution in [0.25, 0.3) is 0 Å². The van der Waals surface area contributed by atoms with Crippen LogP contribution < -0.4 is 11.1 Å². The van der Waals surface area contributed by atoms with E-state index in [0.717, 1.165) is 45.3 Å². The SMILES string of the molecule is CCOC(=O)C1CCCN(CCCCCCCCCCCCNC(=O)c2cccnc2N)C1. The minimum absolute atomic E-state index is 0.0122. The van der Waals surface area contributed by atoms with E-state index in [4.69, 9.17) is 10.5 Å². The van der Waals surface area contributed by atoms with Gasteiger partial charge in [-0.25, -0.2) is 4.98 Å². The molecule has 186 valence electrons. The van der Waals surface area contributed by atoms with E-state index in [1.165, 1.54) is 51.4 Å². The average molecular weight is 461 g/mol. The Balaban J connectivity index is 1.36. The number of amides is 1. The summed E-state index contributed by atoms with van der Waals surface area (Å²) in [5, 5.41) is 2.92. The maximum absolute atomic E-state index is 12.1. The summed E-state index contributed by atoms with van der Waals surface area (Å²) >= 11 is 0. The predicted octanol–water partition coefficient (Wildman–Crippen LogP) is 4.57. The molecule has 1 aromatic heterocycles.